The van der Waals surface area contributed by atoms with Gasteiger partial charge in [-0.2, -0.15) is 5.21 Å². The lowest BCUT2D eigenvalue weighted by Crippen LogP contribution is -1.98. The molecule has 0 bridgehead atoms. The average molecular weight is 206 g/mol. The number of hydrogen-bond donors (Lipinski definition) is 2. The molecule has 1 aromatic heterocycles. The third-order valence-corrected chi connectivity index (χ3v) is 1.84. The molecule has 0 aliphatic carbocycles. The van der Waals surface area contributed by atoms with Gasteiger partial charge in [0, 0.05) is 0 Å². The Bertz CT molecular complexity index is 416. The minimum absolute atomic E-state index is 0.000585. The number of H-pyrrole nitrogens is 1. The molecule has 2 aromatic rings. The number of nitrogens with zero attached hydrogens (tertiary/aromatic N) is 3. The van der Waals surface area contributed by atoms with Crippen molar-refractivity contribution in [3.63, 3.8) is 0 Å². The summed E-state index contributed by atoms with van der Waals surface area (Å²) in [6.07, 6.45) is 0. The smallest absolute Gasteiger partial charge is 0.211 e. The van der Waals surface area contributed by atoms with Crippen molar-refractivity contribution in [3.05, 3.63) is 35.7 Å². The molecule has 78 valence electrons. The van der Waals surface area contributed by atoms with E-state index in [9.17, 15) is 0 Å². The van der Waals surface area contributed by atoms with Crippen molar-refractivity contribution < 1.29 is 9.84 Å². The Morgan fingerprint density at radius 1 is 1.40 bits per heavy atom. The summed E-state index contributed by atoms with van der Waals surface area (Å²) in [5, 5.41) is 22.2. The molecule has 0 saturated heterocycles. The van der Waals surface area contributed by atoms with Crippen LogP contribution >= 0.6 is 0 Å². The summed E-state index contributed by atoms with van der Waals surface area (Å²) >= 11 is 0. The zero-order chi connectivity index (χ0) is 10.5. The van der Waals surface area contributed by atoms with Gasteiger partial charge >= 0.3 is 0 Å². The Kier molecular flexibility index (Phi) is 2.89. The normalized spacial score (nSPS) is 10.2. The fourth-order valence-electron chi connectivity index (χ4n) is 1.13. The van der Waals surface area contributed by atoms with Crippen LogP contribution in [0.25, 0.3) is 0 Å². The third-order valence-electron chi connectivity index (χ3n) is 1.84. The summed E-state index contributed by atoms with van der Waals surface area (Å²) in [4.78, 5) is 0. The van der Waals surface area contributed by atoms with E-state index in [1.807, 2.05) is 12.1 Å². The number of hydrogen-bond acceptors (Lipinski definition) is 5. The van der Waals surface area contributed by atoms with E-state index < -0.39 is 0 Å². The Morgan fingerprint density at radius 3 is 3.07 bits per heavy atom. The van der Waals surface area contributed by atoms with Crippen molar-refractivity contribution in [2.24, 2.45) is 0 Å². The third kappa shape index (κ3) is 2.50. The first-order valence-corrected chi connectivity index (χ1v) is 4.43. The largest absolute Gasteiger partial charge is 0.485 e. The van der Waals surface area contributed by atoms with Crippen molar-refractivity contribution in [1.29, 1.82) is 0 Å². The first-order valence-electron chi connectivity index (χ1n) is 4.43. The van der Waals surface area contributed by atoms with Crippen molar-refractivity contribution >= 4 is 0 Å². The van der Waals surface area contributed by atoms with Crippen molar-refractivity contribution in [1.82, 2.24) is 20.6 Å². The molecule has 0 unspecified atom stereocenters. The second kappa shape index (κ2) is 4.52. The van der Waals surface area contributed by atoms with Gasteiger partial charge in [-0.1, -0.05) is 17.3 Å². The first-order chi connectivity index (χ1) is 7.38. The molecule has 0 aliphatic heterocycles. The lowest BCUT2D eigenvalue weighted by molar-refractivity contribution is 0.276. The molecule has 0 atom stereocenters. The number of ether oxygens (including phenoxy) is 1. The quantitative estimate of drug-likeness (QED) is 0.750. The van der Waals surface area contributed by atoms with E-state index in [-0.39, 0.29) is 13.2 Å². The zero-order valence-corrected chi connectivity index (χ0v) is 7.92. The van der Waals surface area contributed by atoms with E-state index in [0.717, 1.165) is 5.56 Å². The molecule has 1 aromatic carbocycles. The van der Waals surface area contributed by atoms with Crippen molar-refractivity contribution in [2.75, 3.05) is 0 Å². The monoisotopic (exact) mass is 206 g/mol. The van der Waals surface area contributed by atoms with Gasteiger partial charge in [0.2, 0.25) is 5.82 Å². The van der Waals surface area contributed by atoms with Crippen LogP contribution in [0.3, 0.4) is 0 Å². The number of aliphatic hydroxyl groups is 1. The second-order valence-electron chi connectivity index (χ2n) is 2.92. The van der Waals surface area contributed by atoms with E-state index in [4.69, 9.17) is 9.84 Å². The predicted molar refractivity (Wildman–Crippen MR) is 50.9 cm³/mol. The van der Waals surface area contributed by atoms with Gasteiger partial charge in [0.1, 0.15) is 5.75 Å². The van der Waals surface area contributed by atoms with Crippen molar-refractivity contribution in [2.45, 2.75) is 13.2 Å². The molecule has 6 nitrogen and oxygen atoms in total. The highest BCUT2D eigenvalue weighted by Crippen LogP contribution is 2.13. The molecule has 0 amide bonds. The number of tetrazole rings is 1. The maximum Gasteiger partial charge on any atom is 0.211 e. The van der Waals surface area contributed by atoms with Crippen LogP contribution in [0, 0.1) is 0 Å². The molecular weight excluding hydrogens is 196 g/mol. The number of benzene rings is 1. The molecule has 0 radical (unpaired) electrons. The Morgan fingerprint density at radius 2 is 2.33 bits per heavy atom. The van der Waals surface area contributed by atoms with E-state index in [1.54, 1.807) is 12.1 Å². The summed E-state index contributed by atoms with van der Waals surface area (Å²) in [7, 11) is 0. The summed E-state index contributed by atoms with van der Waals surface area (Å²) in [5.74, 6) is 1.16. The highest BCUT2D eigenvalue weighted by atomic mass is 16.5. The minimum Gasteiger partial charge on any atom is -0.485 e. The van der Waals surface area contributed by atoms with Gasteiger partial charge in [0.15, 0.2) is 6.61 Å². The van der Waals surface area contributed by atoms with Crippen LogP contribution in [-0.4, -0.2) is 25.7 Å². The summed E-state index contributed by atoms with van der Waals surface area (Å²) in [6, 6.07) is 7.21. The van der Waals surface area contributed by atoms with Crippen LogP contribution in [0.2, 0.25) is 0 Å². The SMILES string of the molecule is OCc1cccc(OCc2nn[nH]n2)c1. The Hall–Kier alpha value is -1.95. The summed E-state index contributed by atoms with van der Waals surface area (Å²) in [6.45, 7) is 0.255. The lowest BCUT2D eigenvalue weighted by atomic mass is 10.2. The topological polar surface area (TPSA) is 83.9 Å². The zero-order valence-electron chi connectivity index (χ0n) is 7.92. The van der Waals surface area contributed by atoms with Crippen LogP contribution < -0.4 is 4.74 Å². The van der Waals surface area contributed by atoms with E-state index in [0.29, 0.717) is 11.6 Å². The fourth-order valence-corrected chi connectivity index (χ4v) is 1.13. The van der Waals surface area contributed by atoms with Gasteiger partial charge in [-0.3, -0.25) is 0 Å². The van der Waals surface area contributed by atoms with Gasteiger partial charge in [-0.05, 0) is 17.7 Å². The number of aromatic amines is 1. The maximum absolute atomic E-state index is 8.92. The van der Waals surface area contributed by atoms with Crippen LogP contribution in [0.5, 0.6) is 5.75 Å². The number of rotatable bonds is 4. The van der Waals surface area contributed by atoms with Gasteiger partial charge < -0.3 is 9.84 Å². The second-order valence-corrected chi connectivity index (χ2v) is 2.92. The van der Waals surface area contributed by atoms with Crippen LogP contribution in [0.15, 0.2) is 24.3 Å². The molecule has 0 saturated carbocycles. The minimum atomic E-state index is -0.000585. The predicted octanol–water partition coefficient (Wildman–Crippen LogP) is 0.271. The van der Waals surface area contributed by atoms with E-state index in [1.165, 1.54) is 0 Å². The van der Waals surface area contributed by atoms with Gasteiger partial charge in [0.25, 0.3) is 0 Å². The molecule has 15 heavy (non-hydrogen) atoms. The average Bonchev–Trinajstić information content (AvgIpc) is 2.79. The Labute approximate surface area is 85.9 Å². The number of aromatic nitrogens is 4. The highest BCUT2D eigenvalue weighted by Gasteiger charge is 2.00. The van der Waals surface area contributed by atoms with Gasteiger partial charge in [-0.25, -0.2) is 0 Å². The molecule has 0 spiro atoms. The Balaban J connectivity index is 1.98. The fraction of sp³-hybridized carbons (Fsp3) is 0.222. The molecule has 2 rings (SSSR count). The van der Waals surface area contributed by atoms with Crippen molar-refractivity contribution in [3.8, 4) is 5.75 Å². The van der Waals surface area contributed by atoms with Crippen LogP contribution in [-0.2, 0) is 13.2 Å². The molecule has 1 heterocycles. The van der Waals surface area contributed by atoms with Crippen LogP contribution in [0.4, 0.5) is 0 Å². The maximum atomic E-state index is 8.92. The van der Waals surface area contributed by atoms with Gasteiger partial charge in [0.05, 0.1) is 6.61 Å². The van der Waals surface area contributed by atoms with E-state index in [2.05, 4.69) is 20.6 Å². The summed E-state index contributed by atoms with van der Waals surface area (Å²) in [5.41, 5.74) is 0.806. The molecule has 0 fully saturated rings. The molecule has 2 N–H and O–H groups in total. The standard InChI is InChI=1S/C9H10N4O2/c14-5-7-2-1-3-8(4-7)15-6-9-10-12-13-11-9/h1-4,14H,5-6H2,(H,10,11,12,13). The van der Waals surface area contributed by atoms with Gasteiger partial charge in [-0.15, -0.1) is 10.2 Å². The molecule has 0 aliphatic rings. The first kappa shape index (κ1) is 9.60. The van der Waals surface area contributed by atoms with E-state index >= 15 is 0 Å². The van der Waals surface area contributed by atoms with Crippen LogP contribution in [0.1, 0.15) is 11.4 Å². The number of aliphatic hydroxyl groups excluding tert-OH is 1. The molecule has 6 heteroatoms. The number of nitrogens with one attached hydrogen (secondary N) is 1. The highest BCUT2D eigenvalue weighted by molar-refractivity contribution is 5.27. The molecular formula is C9H10N4O2. The summed E-state index contributed by atoms with van der Waals surface area (Å²) < 4.78 is 5.40. The lowest BCUT2D eigenvalue weighted by Gasteiger charge is -2.04.